The Labute approximate surface area is 150 Å². The summed E-state index contributed by atoms with van der Waals surface area (Å²) in [5.41, 5.74) is 2.40. The van der Waals surface area contributed by atoms with Gasteiger partial charge in [-0.1, -0.05) is 0 Å². The van der Waals surface area contributed by atoms with Gasteiger partial charge in [-0.2, -0.15) is 5.10 Å². The van der Waals surface area contributed by atoms with Gasteiger partial charge >= 0.3 is 0 Å². The van der Waals surface area contributed by atoms with Crippen LogP contribution in [-0.4, -0.2) is 49.6 Å². The zero-order chi connectivity index (χ0) is 17.5. The number of rotatable bonds is 4. The van der Waals surface area contributed by atoms with Crippen LogP contribution in [-0.2, 0) is 0 Å². The number of hydrogen-bond donors (Lipinski definition) is 1. The molecule has 0 spiro atoms. The molecule has 3 aromatic heterocycles. The van der Waals surface area contributed by atoms with Gasteiger partial charge in [-0.05, 0) is 37.5 Å². The zero-order valence-corrected chi connectivity index (χ0v) is 14.2. The van der Waals surface area contributed by atoms with Crippen LogP contribution in [0.2, 0.25) is 0 Å². The molecule has 1 amide bonds. The number of fused-ring (bicyclic) bond motifs is 1. The zero-order valence-electron chi connectivity index (χ0n) is 14.2. The Morgan fingerprint density at radius 3 is 3.00 bits per heavy atom. The number of anilines is 1. The summed E-state index contributed by atoms with van der Waals surface area (Å²) < 4.78 is 1.64. The summed E-state index contributed by atoms with van der Waals surface area (Å²) in [4.78, 5) is 27.9. The lowest BCUT2D eigenvalue weighted by molar-refractivity contribution is 0.0940. The second-order valence-corrected chi connectivity index (χ2v) is 6.94. The van der Waals surface area contributed by atoms with Crippen LogP contribution in [0.25, 0.3) is 5.65 Å². The van der Waals surface area contributed by atoms with E-state index in [0.29, 0.717) is 17.1 Å². The van der Waals surface area contributed by atoms with Crippen molar-refractivity contribution in [1.29, 1.82) is 0 Å². The van der Waals surface area contributed by atoms with Crippen LogP contribution in [0.4, 0.5) is 5.95 Å². The smallest absolute Gasteiger partial charge is 0.251 e. The van der Waals surface area contributed by atoms with Crippen molar-refractivity contribution in [2.45, 2.75) is 31.2 Å². The Balaban J connectivity index is 1.25. The van der Waals surface area contributed by atoms with E-state index in [4.69, 9.17) is 4.98 Å². The second kappa shape index (κ2) is 6.05. The fourth-order valence-electron chi connectivity index (χ4n) is 3.41. The molecule has 3 aromatic rings. The molecule has 1 saturated heterocycles. The molecule has 4 heterocycles. The summed E-state index contributed by atoms with van der Waals surface area (Å²) in [5.74, 6) is 1.30. The van der Waals surface area contributed by atoms with Gasteiger partial charge in [0.15, 0.2) is 5.65 Å². The van der Waals surface area contributed by atoms with E-state index >= 15 is 0 Å². The SMILES string of the molecule is O=C(NC1CCN(c2nccc(C3CC3)n2)C1)c1ccn2ncnc2c1. The molecule has 1 saturated carbocycles. The number of nitrogens with one attached hydrogen (secondary N) is 1. The van der Waals surface area contributed by atoms with E-state index in [1.807, 2.05) is 12.3 Å². The minimum atomic E-state index is -0.0880. The van der Waals surface area contributed by atoms with E-state index in [-0.39, 0.29) is 11.9 Å². The van der Waals surface area contributed by atoms with Gasteiger partial charge in [0.1, 0.15) is 6.33 Å². The van der Waals surface area contributed by atoms with E-state index < -0.39 is 0 Å². The molecule has 132 valence electrons. The van der Waals surface area contributed by atoms with Gasteiger partial charge in [0.2, 0.25) is 5.95 Å². The van der Waals surface area contributed by atoms with Crippen LogP contribution in [0, 0.1) is 0 Å². The minimum absolute atomic E-state index is 0.0878. The third-order valence-corrected chi connectivity index (χ3v) is 5.01. The third kappa shape index (κ3) is 2.87. The topological polar surface area (TPSA) is 88.3 Å². The lowest BCUT2D eigenvalue weighted by Crippen LogP contribution is -2.37. The molecular weight excluding hydrogens is 330 g/mol. The van der Waals surface area contributed by atoms with Crippen molar-refractivity contribution in [3.05, 3.63) is 48.2 Å². The fraction of sp³-hybridized carbons (Fsp3) is 0.389. The van der Waals surface area contributed by atoms with E-state index in [2.05, 4.69) is 25.3 Å². The third-order valence-electron chi connectivity index (χ3n) is 5.01. The first-order valence-corrected chi connectivity index (χ1v) is 8.94. The van der Waals surface area contributed by atoms with Crippen LogP contribution in [0.3, 0.4) is 0 Å². The van der Waals surface area contributed by atoms with Gasteiger partial charge in [0, 0.05) is 48.7 Å². The fourth-order valence-corrected chi connectivity index (χ4v) is 3.41. The molecule has 1 unspecified atom stereocenters. The van der Waals surface area contributed by atoms with Crippen LogP contribution in [0.1, 0.15) is 41.2 Å². The minimum Gasteiger partial charge on any atom is -0.347 e. The molecule has 2 fully saturated rings. The molecule has 8 heteroatoms. The average Bonchev–Trinajstić information content (AvgIpc) is 3.23. The Hall–Kier alpha value is -3.03. The summed E-state index contributed by atoms with van der Waals surface area (Å²) in [6.45, 7) is 1.58. The summed E-state index contributed by atoms with van der Waals surface area (Å²) >= 11 is 0. The van der Waals surface area contributed by atoms with Crippen molar-refractivity contribution in [2.75, 3.05) is 18.0 Å². The average molecular weight is 349 g/mol. The van der Waals surface area contributed by atoms with Gasteiger partial charge in [-0.3, -0.25) is 4.79 Å². The molecule has 5 rings (SSSR count). The second-order valence-electron chi connectivity index (χ2n) is 6.94. The predicted octanol–water partition coefficient (Wildman–Crippen LogP) is 1.41. The lowest BCUT2D eigenvalue weighted by Gasteiger charge is -2.17. The summed E-state index contributed by atoms with van der Waals surface area (Å²) in [7, 11) is 0. The maximum absolute atomic E-state index is 12.5. The molecule has 2 aliphatic rings. The standard InChI is InChI=1S/C18H19N7O/c26-17(13-4-8-25-16(9-13)20-11-21-25)22-14-5-7-24(10-14)18-19-6-3-15(23-18)12-1-2-12/h3-4,6,8-9,11-12,14H,1-2,5,7,10H2,(H,22,26). The highest BCUT2D eigenvalue weighted by atomic mass is 16.1. The number of hydrogen-bond acceptors (Lipinski definition) is 6. The molecule has 0 bridgehead atoms. The first-order chi connectivity index (χ1) is 12.8. The van der Waals surface area contributed by atoms with Crippen LogP contribution < -0.4 is 10.2 Å². The maximum atomic E-state index is 12.5. The molecule has 1 N–H and O–H groups in total. The van der Waals surface area contributed by atoms with E-state index in [0.717, 1.165) is 31.2 Å². The monoisotopic (exact) mass is 349 g/mol. The predicted molar refractivity (Wildman–Crippen MR) is 95.1 cm³/mol. The van der Waals surface area contributed by atoms with E-state index in [1.165, 1.54) is 19.2 Å². The molecule has 0 radical (unpaired) electrons. The van der Waals surface area contributed by atoms with Crippen molar-refractivity contribution in [3.8, 4) is 0 Å². The summed E-state index contributed by atoms with van der Waals surface area (Å²) in [5, 5.41) is 7.15. The highest BCUT2D eigenvalue weighted by Crippen LogP contribution is 2.39. The van der Waals surface area contributed by atoms with Gasteiger partial charge in [0.25, 0.3) is 5.91 Å². The van der Waals surface area contributed by atoms with Crippen LogP contribution in [0.15, 0.2) is 36.9 Å². The maximum Gasteiger partial charge on any atom is 0.251 e. The van der Waals surface area contributed by atoms with Crippen molar-refractivity contribution < 1.29 is 4.79 Å². The van der Waals surface area contributed by atoms with Gasteiger partial charge < -0.3 is 10.2 Å². The largest absolute Gasteiger partial charge is 0.347 e. The summed E-state index contributed by atoms with van der Waals surface area (Å²) in [6.07, 6.45) is 8.40. The molecule has 0 aromatic carbocycles. The molecule has 8 nitrogen and oxygen atoms in total. The number of carbonyl (C=O) groups excluding carboxylic acids is 1. The van der Waals surface area contributed by atoms with Gasteiger partial charge in [-0.15, -0.1) is 0 Å². The first kappa shape index (κ1) is 15.2. The number of nitrogens with zero attached hydrogens (tertiary/aromatic N) is 6. The van der Waals surface area contributed by atoms with Crippen molar-refractivity contribution in [1.82, 2.24) is 29.9 Å². The Kier molecular flexibility index (Phi) is 3.55. The number of carbonyl (C=O) groups is 1. The highest BCUT2D eigenvalue weighted by Gasteiger charge is 2.29. The Bertz CT molecular complexity index is 965. The summed E-state index contributed by atoms with van der Waals surface area (Å²) in [6, 6.07) is 5.60. The number of pyridine rings is 1. The molecule has 1 atom stereocenters. The lowest BCUT2D eigenvalue weighted by atomic mass is 10.2. The molecule has 1 aliphatic heterocycles. The normalized spacial score (nSPS) is 19.8. The first-order valence-electron chi connectivity index (χ1n) is 8.94. The molecule has 1 aliphatic carbocycles. The molecular formula is C18H19N7O. The van der Waals surface area contributed by atoms with Gasteiger partial charge in [0.05, 0.1) is 0 Å². The van der Waals surface area contributed by atoms with Crippen LogP contribution >= 0.6 is 0 Å². The molecule has 26 heavy (non-hydrogen) atoms. The van der Waals surface area contributed by atoms with E-state index in [9.17, 15) is 4.79 Å². The van der Waals surface area contributed by atoms with Gasteiger partial charge in [-0.25, -0.2) is 19.5 Å². The Morgan fingerprint density at radius 2 is 2.12 bits per heavy atom. The van der Waals surface area contributed by atoms with Crippen molar-refractivity contribution in [2.24, 2.45) is 0 Å². The highest BCUT2D eigenvalue weighted by molar-refractivity contribution is 5.95. The van der Waals surface area contributed by atoms with Crippen molar-refractivity contribution in [3.63, 3.8) is 0 Å². The quantitative estimate of drug-likeness (QED) is 0.766. The number of aromatic nitrogens is 5. The Morgan fingerprint density at radius 1 is 1.19 bits per heavy atom. The van der Waals surface area contributed by atoms with E-state index in [1.54, 1.807) is 22.8 Å². The number of amides is 1. The van der Waals surface area contributed by atoms with Crippen molar-refractivity contribution >= 4 is 17.5 Å². The van der Waals surface area contributed by atoms with Crippen LogP contribution in [0.5, 0.6) is 0 Å².